The van der Waals surface area contributed by atoms with E-state index in [-0.39, 0.29) is 41.9 Å². The molecule has 2 saturated heterocycles. The summed E-state index contributed by atoms with van der Waals surface area (Å²) in [6, 6.07) is 22.6. The van der Waals surface area contributed by atoms with Gasteiger partial charge in [-0.05, 0) is 103 Å². The normalized spacial score (nSPS) is 25.9. The van der Waals surface area contributed by atoms with Gasteiger partial charge in [-0.15, -0.1) is 0 Å². The van der Waals surface area contributed by atoms with Gasteiger partial charge in [-0.1, -0.05) is 54.4 Å². The highest BCUT2D eigenvalue weighted by Gasteiger charge is 2.70. The summed E-state index contributed by atoms with van der Waals surface area (Å²) >= 11 is 6.39. The number of methoxy groups -OCH3 is 2. The molecular weight excluding hydrogens is 713 g/mol. The Labute approximate surface area is 316 Å². The highest BCUT2D eigenvalue weighted by atomic mass is 35.5. The van der Waals surface area contributed by atoms with E-state index >= 15 is 4.79 Å². The smallest absolute Gasteiger partial charge is 0.260 e. The van der Waals surface area contributed by atoms with Gasteiger partial charge in [-0.25, -0.2) is 4.39 Å². The van der Waals surface area contributed by atoms with Crippen LogP contribution in [0.3, 0.4) is 0 Å². The lowest BCUT2D eigenvalue weighted by Crippen LogP contribution is -2.53. The molecule has 10 nitrogen and oxygen atoms in total. The van der Waals surface area contributed by atoms with Gasteiger partial charge in [-0.2, -0.15) is 5.01 Å². The number of benzene rings is 4. The van der Waals surface area contributed by atoms with Crippen LogP contribution in [0.4, 0.5) is 15.8 Å². The van der Waals surface area contributed by atoms with Gasteiger partial charge in [0, 0.05) is 10.9 Å². The Bertz CT molecular complexity index is 2200. The van der Waals surface area contributed by atoms with Crippen LogP contribution in [0.2, 0.25) is 5.02 Å². The predicted octanol–water partition coefficient (Wildman–Crippen LogP) is 6.95. The van der Waals surface area contributed by atoms with Crippen molar-refractivity contribution in [2.75, 3.05) is 24.5 Å². The molecule has 2 heterocycles. The minimum absolute atomic E-state index is 0.0757. The molecule has 0 unspecified atom stereocenters. The second-order valence-corrected chi connectivity index (χ2v) is 14.6. The number of rotatable bonds is 8. The van der Waals surface area contributed by atoms with Gasteiger partial charge in [0.25, 0.3) is 11.8 Å². The van der Waals surface area contributed by atoms with E-state index in [0.29, 0.717) is 33.1 Å². The number of amides is 4. The maximum absolute atomic E-state index is 15.4. The van der Waals surface area contributed by atoms with Gasteiger partial charge in [0.05, 0.1) is 48.8 Å². The summed E-state index contributed by atoms with van der Waals surface area (Å²) < 4.78 is 25.1. The largest absolute Gasteiger partial charge is 0.502 e. The number of carbonyl (C=O) groups excluding carboxylic acids is 4. The first-order valence-electron chi connectivity index (χ1n) is 17.8. The van der Waals surface area contributed by atoms with Gasteiger partial charge in [-0.3, -0.25) is 29.5 Å². The number of aryl methyl sites for hydroxylation is 1. The van der Waals surface area contributed by atoms with Crippen molar-refractivity contribution in [1.29, 1.82) is 0 Å². The molecule has 1 saturated carbocycles. The fourth-order valence-corrected chi connectivity index (χ4v) is 9.37. The van der Waals surface area contributed by atoms with E-state index in [4.69, 9.17) is 21.1 Å². The van der Waals surface area contributed by atoms with Gasteiger partial charge in [0.15, 0.2) is 11.5 Å². The van der Waals surface area contributed by atoms with Crippen LogP contribution in [0.15, 0.2) is 96.6 Å². The SMILES string of the molecule is CCc1ccc(N2C(=O)[C@H]3[C@H](CC=C4[C@H]3C[C@H]3C(=O)N(Nc5ccc(F)cc5)C(=O)[C@@]3(c3ccc(Cl)cc3)[C@H]4c3cc(OC)c(O)c(OC)c3)C2=O)cc1. The fraction of sp³-hybridized carbons (Fsp3) is 0.286. The van der Waals surface area contributed by atoms with Gasteiger partial charge in [0.2, 0.25) is 17.6 Å². The number of ether oxygens (including phenoxy) is 2. The molecule has 4 amide bonds. The van der Waals surface area contributed by atoms with Crippen LogP contribution < -0.4 is 19.8 Å². The number of halogens is 2. The standard InChI is InChI=1S/C42H37ClFN3O7/c1-4-22-5-15-28(16-6-22)46-38(49)30-18-17-29-31(35(30)40(46)51)21-32-39(50)47(45-27-13-11-26(44)12-14-27)41(52)42(32,24-7-9-25(43)10-8-24)36(29)23-19-33(53-2)37(48)34(20-23)54-3/h5-17,19-20,30-32,35-36,45,48H,4,18,21H2,1-3H3/t30-,31+,32-,35-,36-,42+/m0/s1. The molecule has 4 aliphatic rings. The first-order valence-corrected chi connectivity index (χ1v) is 18.2. The monoisotopic (exact) mass is 749 g/mol. The average Bonchev–Trinajstić information content (AvgIpc) is 3.56. The Kier molecular flexibility index (Phi) is 8.72. The third-order valence-electron chi connectivity index (χ3n) is 11.7. The topological polar surface area (TPSA) is 125 Å². The number of carbonyl (C=O) groups is 4. The highest BCUT2D eigenvalue weighted by Crippen LogP contribution is 2.65. The molecule has 4 aromatic carbocycles. The van der Waals surface area contributed by atoms with Crippen molar-refractivity contribution in [1.82, 2.24) is 5.01 Å². The van der Waals surface area contributed by atoms with Crippen LogP contribution in [-0.4, -0.2) is 48.0 Å². The van der Waals surface area contributed by atoms with Crippen molar-refractivity contribution < 1.29 is 38.1 Å². The van der Waals surface area contributed by atoms with Gasteiger partial charge < -0.3 is 14.6 Å². The molecule has 2 aliphatic carbocycles. The summed E-state index contributed by atoms with van der Waals surface area (Å²) in [6.07, 6.45) is 3.05. The van der Waals surface area contributed by atoms with Crippen molar-refractivity contribution in [2.45, 2.75) is 37.5 Å². The molecule has 4 aromatic rings. The predicted molar refractivity (Wildman–Crippen MR) is 199 cm³/mol. The average molecular weight is 750 g/mol. The quantitative estimate of drug-likeness (QED) is 0.147. The Morgan fingerprint density at radius 1 is 0.870 bits per heavy atom. The van der Waals surface area contributed by atoms with E-state index in [0.717, 1.165) is 17.0 Å². The van der Waals surface area contributed by atoms with E-state index in [1.165, 1.54) is 43.4 Å². The molecule has 2 N–H and O–H groups in total. The lowest BCUT2D eigenvalue weighted by molar-refractivity contribution is -0.138. The van der Waals surface area contributed by atoms with E-state index in [2.05, 4.69) is 5.43 Å². The number of phenolic OH excluding ortho intramolecular Hbond substituents is 1. The summed E-state index contributed by atoms with van der Waals surface area (Å²) in [7, 11) is 2.79. The molecule has 8 rings (SSSR count). The maximum atomic E-state index is 15.4. The minimum Gasteiger partial charge on any atom is -0.502 e. The summed E-state index contributed by atoms with van der Waals surface area (Å²) in [4.78, 5) is 60.2. The molecule has 0 radical (unpaired) electrons. The molecule has 6 atom stereocenters. The fourth-order valence-electron chi connectivity index (χ4n) is 9.25. The summed E-state index contributed by atoms with van der Waals surface area (Å²) in [5, 5.41) is 12.4. The van der Waals surface area contributed by atoms with Crippen LogP contribution in [0, 0.1) is 29.5 Å². The number of fused-ring (bicyclic) bond motifs is 4. The van der Waals surface area contributed by atoms with Crippen molar-refractivity contribution >= 4 is 46.6 Å². The number of nitrogens with one attached hydrogen (secondary N) is 1. The third-order valence-corrected chi connectivity index (χ3v) is 11.9. The number of aromatic hydroxyl groups is 1. The lowest BCUT2D eigenvalue weighted by Gasteiger charge is -2.50. The number of nitrogens with zero attached hydrogens (tertiary/aromatic N) is 2. The van der Waals surface area contributed by atoms with Crippen molar-refractivity contribution in [3.05, 3.63) is 124 Å². The number of allylic oxidation sites excluding steroid dienone is 2. The highest BCUT2D eigenvalue weighted by molar-refractivity contribution is 6.30. The molecule has 2 aliphatic heterocycles. The number of phenols is 1. The van der Waals surface area contributed by atoms with Gasteiger partial charge in [0.1, 0.15) is 5.82 Å². The number of anilines is 2. The molecule has 12 heteroatoms. The van der Waals surface area contributed by atoms with Crippen molar-refractivity contribution in [2.24, 2.45) is 23.7 Å². The van der Waals surface area contributed by atoms with E-state index in [9.17, 15) is 23.9 Å². The molecule has 0 aromatic heterocycles. The number of imide groups is 2. The molecule has 0 bridgehead atoms. The first kappa shape index (κ1) is 35.4. The number of hydrogen-bond donors (Lipinski definition) is 2. The Balaban J connectivity index is 1.34. The van der Waals surface area contributed by atoms with Crippen molar-refractivity contribution in [3.63, 3.8) is 0 Å². The lowest BCUT2D eigenvalue weighted by atomic mass is 9.49. The Morgan fingerprint density at radius 2 is 1.52 bits per heavy atom. The first-order chi connectivity index (χ1) is 26.0. The van der Waals surface area contributed by atoms with E-state index < -0.39 is 52.6 Å². The van der Waals surface area contributed by atoms with Crippen LogP contribution in [0.25, 0.3) is 0 Å². The Morgan fingerprint density at radius 3 is 2.13 bits per heavy atom. The summed E-state index contributed by atoms with van der Waals surface area (Å²) in [5.74, 6) is -6.44. The van der Waals surface area contributed by atoms with Gasteiger partial charge >= 0.3 is 0 Å². The zero-order chi connectivity index (χ0) is 38.1. The van der Waals surface area contributed by atoms with E-state index in [1.807, 2.05) is 25.1 Å². The molecule has 0 spiro atoms. The zero-order valence-electron chi connectivity index (χ0n) is 29.7. The van der Waals surface area contributed by atoms with Crippen molar-refractivity contribution in [3.8, 4) is 17.2 Å². The summed E-state index contributed by atoms with van der Waals surface area (Å²) in [5.41, 5.74) is 4.89. The second-order valence-electron chi connectivity index (χ2n) is 14.2. The minimum atomic E-state index is -1.61. The van der Waals surface area contributed by atoms with Crippen LogP contribution in [0.5, 0.6) is 17.2 Å². The van der Waals surface area contributed by atoms with Crippen LogP contribution in [0.1, 0.15) is 42.4 Å². The van der Waals surface area contributed by atoms with Crippen LogP contribution in [-0.2, 0) is 31.0 Å². The molecule has 54 heavy (non-hydrogen) atoms. The Hall–Kier alpha value is -5.68. The molecule has 3 fully saturated rings. The van der Waals surface area contributed by atoms with Crippen LogP contribution >= 0.6 is 11.6 Å². The number of hydrazine groups is 1. The second kappa shape index (κ2) is 13.3. The molecule has 276 valence electrons. The summed E-state index contributed by atoms with van der Waals surface area (Å²) in [6.45, 7) is 2.02. The third kappa shape index (κ3) is 5.20. The van der Waals surface area contributed by atoms with E-state index in [1.54, 1.807) is 48.5 Å². The maximum Gasteiger partial charge on any atom is 0.260 e. The molecular formula is C42H37ClFN3O7. The number of hydrogen-bond acceptors (Lipinski definition) is 8. The zero-order valence-corrected chi connectivity index (χ0v) is 30.5.